The molecule has 0 aliphatic heterocycles. The first-order valence-electron chi connectivity index (χ1n) is 4.24. The summed E-state index contributed by atoms with van der Waals surface area (Å²) in [5.41, 5.74) is 2.15. The number of rotatable bonds is 1. The highest BCUT2D eigenvalue weighted by molar-refractivity contribution is 5.19. The van der Waals surface area contributed by atoms with Crippen molar-refractivity contribution < 1.29 is 0 Å². The molecule has 0 fully saturated rings. The molecular formula is C10H18. The van der Waals surface area contributed by atoms with E-state index in [0.717, 1.165) is 5.92 Å². The van der Waals surface area contributed by atoms with Crippen LogP contribution in [0.15, 0.2) is 11.6 Å². The zero-order valence-corrected chi connectivity index (χ0v) is 7.57. The summed E-state index contributed by atoms with van der Waals surface area (Å²) in [5.74, 6) is 0.748. The van der Waals surface area contributed by atoms with Crippen LogP contribution in [0.25, 0.3) is 0 Å². The molecule has 0 aromatic heterocycles. The second-order valence-corrected chi connectivity index (χ2v) is 4.24. The number of allylic oxidation sites excluding steroid dienone is 2. The Hall–Kier alpha value is -0.260. The summed E-state index contributed by atoms with van der Waals surface area (Å²) in [5, 5.41) is 0. The van der Waals surface area contributed by atoms with E-state index in [-0.39, 0.29) is 0 Å². The van der Waals surface area contributed by atoms with Gasteiger partial charge in [-0.05, 0) is 24.2 Å². The highest BCUT2D eigenvalue weighted by Crippen LogP contribution is 2.41. The predicted octanol–water partition coefficient (Wildman–Crippen LogP) is 3.39. The van der Waals surface area contributed by atoms with Crippen molar-refractivity contribution in [3.63, 3.8) is 0 Å². The Morgan fingerprint density at radius 1 is 1.40 bits per heavy atom. The second kappa shape index (κ2) is 2.41. The van der Waals surface area contributed by atoms with Gasteiger partial charge in [0.25, 0.3) is 0 Å². The Kier molecular flexibility index (Phi) is 1.89. The minimum Gasteiger partial charge on any atom is -0.0845 e. The molecule has 0 nitrogen and oxygen atoms in total. The van der Waals surface area contributed by atoms with Gasteiger partial charge < -0.3 is 0 Å². The van der Waals surface area contributed by atoms with Crippen molar-refractivity contribution in [1.29, 1.82) is 0 Å². The number of hydrogen-bond donors (Lipinski definition) is 0. The van der Waals surface area contributed by atoms with Crippen molar-refractivity contribution in [1.82, 2.24) is 0 Å². The summed E-state index contributed by atoms with van der Waals surface area (Å²) >= 11 is 0. The highest BCUT2D eigenvalue weighted by Gasteiger charge is 2.28. The van der Waals surface area contributed by atoms with Gasteiger partial charge in [-0.3, -0.25) is 0 Å². The lowest BCUT2D eigenvalue weighted by atomic mass is 9.80. The van der Waals surface area contributed by atoms with Gasteiger partial charge in [-0.1, -0.05) is 39.3 Å². The van der Waals surface area contributed by atoms with Gasteiger partial charge in [-0.2, -0.15) is 0 Å². The summed E-state index contributed by atoms with van der Waals surface area (Å²) in [7, 11) is 0. The maximum atomic E-state index is 2.42. The largest absolute Gasteiger partial charge is 0.0845 e. The van der Waals surface area contributed by atoms with Crippen molar-refractivity contribution in [3.05, 3.63) is 11.6 Å². The SMILES string of the molecule is CC(C)C1=CCCC1(C)C. The summed E-state index contributed by atoms with van der Waals surface area (Å²) in [6.07, 6.45) is 5.06. The zero-order valence-electron chi connectivity index (χ0n) is 7.57. The van der Waals surface area contributed by atoms with Gasteiger partial charge in [0.1, 0.15) is 0 Å². The van der Waals surface area contributed by atoms with Crippen molar-refractivity contribution >= 4 is 0 Å². The quantitative estimate of drug-likeness (QED) is 0.487. The molecule has 1 rings (SSSR count). The highest BCUT2D eigenvalue weighted by atomic mass is 14.3. The molecule has 0 N–H and O–H groups in total. The lowest BCUT2D eigenvalue weighted by Crippen LogP contribution is -2.13. The molecule has 0 saturated heterocycles. The third-order valence-electron chi connectivity index (χ3n) is 2.54. The van der Waals surface area contributed by atoms with E-state index in [1.54, 1.807) is 5.57 Å². The average molecular weight is 138 g/mol. The van der Waals surface area contributed by atoms with Gasteiger partial charge in [-0.25, -0.2) is 0 Å². The van der Waals surface area contributed by atoms with Crippen LogP contribution in [0.4, 0.5) is 0 Å². The first-order chi connectivity index (χ1) is 4.54. The Morgan fingerprint density at radius 3 is 2.20 bits per heavy atom. The van der Waals surface area contributed by atoms with Gasteiger partial charge in [-0.15, -0.1) is 0 Å². The molecule has 0 heteroatoms. The molecule has 0 aromatic rings. The third-order valence-corrected chi connectivity index (χ3v) is 2.54. The summed E-state index contributed by atoms with van der Waals surface area (Å²) < 4.78 is 0. The van der Waals surface area contributed by atoms with E-state index in [0.29, 0.717) is 5.41 Å². The second-order valence-electron chi connectivity index (χ2n) is 4.24. The summed E-state index contributed by atoms with van der Waals surface area (Å²) in [4.78, 5) is 0. The lowest BCUT2D eigenvalue weighted by Gasteiger charge is -2.25. The Labute approximate surface area is 64.3 Å². The predicted molar refractivity (Wildman–Crippen MR) is 45.9 cm³/mol. The maximum Gasteiger partial charge on any atom is -0.0139 e. The van der Waals surface area contributed by atoms with Crippen LogP contribution >= 0.6 is 0 Å². The van der Waals surface area contributed by atoms with Crippen molar-refractivity contribution in [2.45, 2.75) is 40.5 Å². The summed E-state index contributed by atoms with van der Waals surface area (Å²) in [6.45, 7) is 9.29. The molecule has 0 atom stereocenters. The Morgan fingerprint density at radius 2 is 2.00 bits per heavy atom. The minimum atomic E-state index is 0.494. The lowest BCUT2D eigenvalue weighted by molar-refractivity contribution is 0.406. The van der Waals surface area contributed by atoms with Crippen molar-refractivity contribution in [2.24, 2.45) is 11.3 Å². The van der Waals surface area contributed by atoms with E-state index >= 15 is 0 Å². The normalized spacial score (nSPS) is 23.5. The fourth-order valence-corrected chi connectivity index (χ4v) is 2.03. The van der Waals surface area contributed by atoms with Gasteiger partial charge in [0.05, 0.1) is 0 Å². The molecule has 1 aliphatic rings. The van der Waals surface area contributed by atoms with Crippen LogP contribution in [-0.2, 0) is 0 Å². The van der Waals surface area contributed by atoms with E-state index in [4.69, 9.17) is 0 Å². The van der Waals surface area contributed by atoms with Gasteiger partial charge in [0, 0.05) is 0 Å². The number of hydrogen-bond acceptors (Lipinski definition) is 0. The maximum absolute atomic E-state index is 2.42. The minimum absolute atomic E-state index is 0.494. The molecule has 0 saturated carbocycles. The van der Waals surface area contributed by atoms with Crippen molar-refractivity contribution in [2.75, 3.05) is 0 Å². The fourth-order valence-electron chi connectivity index (χ4n) is 2.03. The van der Waals surface area contributed by atoms with Gasteiger partial charge in [0.15, 0.2) is 0 Å². The van der Waals surface area contributed by atoms with Crippen molar-refractivity contribution in [3.8, 4) is 0 Å². The molecule has 0 bridgehead atoms. The average Bonchev–Trinajstić information content (AvgIpc) is 2.08. The Bertz CT molecular complexity index is 149. The van der Waals surface area contributed by atoms with Gasteiger partial charge in [0.2, 0.25) is 0 Å². The molecular weight excluding hydrogens is 120 g/mol. The van der Waals surface area contributed by atoms with E-state index in [2.05, 4.69) is 33.8 Å². The van der Waals surface area contributed by atoms with E-state index < -0.39 is 0 Å². The Balaban J connectivity index is 2.75. The molecule has 0 amide bonds. The molecule has 0 unspecified atom stereocenters. The van der Waals surface area contributed by atoms with E-state index in [1.807, 2.05) is 0 Å². The standard InChI is InChI=1S/C10H18/c1-8(2)9-6-5-7-10(9,3)4/h6,8H,5,7H2,1-4H3. The first-order valence-corrected chi connectivity index (χ1v) is 4.24. The molecule has 58 valence electrons. The van der Waals surface area contributed by atoms with Crippen LogP contribution in [0.3, 0.4) is 0 Å². The molecule has 0 aromatic carbocycles. The molecule has 10 heavy (non-hydrogen) atoms. The van der Waals surface area contributed by atoms with Crippen LogP contribution in [0.1, 0.15) is 40.5 Å². The molecule has 0 spiro atoms. The van der Waals surface area contributed by atoms with Crippen LogP contribution < -0.4 is 0 Å². The van der Waals surface area contributed by atoms with Gasteiger partial charge >= 0.3 is 0 Å². The smallest absolute Gasteiger partial charge is 0.0139 e. The van der Waals surface area contributed by atoms with Crippen LogP contribution in [-0.4, -0.2) is 0 Å². The molecule has 1 aliphatic carbocycles. The zero-order chi connectivity index (χ0) is 7.78. The van der Waals surface area contributed by atoms with E-state index in [1.165, 1.54) is 12.8 Å². The monoisotopic (exact) mass is 138 g/mol. The summed E-state index contributed by atoms with van der Waals surface area (Å²) in [6, 6.07) is 0. The van der Waals surface area contributed by atoms with E-state index in [9.17, 15) is 0 Å². The van der Waals surface area contributed by atoms with Crippen LogP contribution in [0.2, 0.25) is 0 Å². The fraction of sp³-hybridized carbons (Fsp3) is 0.800. The molecule has 0 heterocycles. The first kappa shape index (κ1) is 7.84. The van der Waals surface area contributed by atoms with Crippen LogP contribution in [0.5, 0.6) is 0 Å². The topological polar surface area (TPSA) is 0 Å². The molecule has 0 radical (unpaired) electrons. The third kappa shape index (κ3) is 1.25. The van der Waals surface area contributed by atoms with Crippen LogP contribution in [0, 0.1) is 11.3 Å².